The van der Waals surface area contributed by atoms with Gasteiger partial charge in [-0.3, -0.25) is 4.90 Å². The summed E-state index contributed by atoms with van der Waals surface area (Å²) in [7, 11) is 0. The molecule has 1 N–H and O–H groups in total. The van der Waals surface area contributed by atoms with Crippen molar-refractivity contribution in [2.75, 3.05) is 32.8 Å². The third-order valence-corrected chi connectivity index (χ3v) is 4.58. The zero-order valence-corrected chi connectivity index (χ0v) is 12.2. The summed E-state index contributed by atoms with van der Waals surface area (Å²) in [5.74, 6) is 0. The van der Waals surface area contributed by atoms with E-state index < -0.39 is 0 Å². The molecule has 4 heteroatoms. The molecule has 0 radical (unpaired) electrons. The van der Waals surface area contributed by atoms with Crippen molar-refractivity contribution >= 4 is 11.3 Å². The lowest BCUT2D eigenvalue weighted by atomic mass is 10.2. The Bertz CT molecular complexity index is 329. The fourth-order valence-corrected chi connectivity index (χ4v) is 3.07. The average molecular weight is 268 g/mol. The summed E-state index contributed by atoms with van der Waals surface area (Å²) in [5, 5.41) is 5.73. The van der Waals surface area contributed by atoms with Crippen LogP contribution in [0.4, 0.5) is 0 Å². The Balaban J connectivity index is 1.66. The van der Waals surface area contributed by atoms with E-state index in [9.17, 15) is 0 Å². The molecule has 0 aliphatic carbocycles. The van der Waals surface area contributed by atoms with Crippen molar-refractivity contribution in [2.45, 2.75) is 32.4 Å². The number of rotatable bonds is 6. The van der Waals surface area contributed by atoms with Crippen molar-refractivity contribution in [1.29, 1.82) is 0 Å². The van der Waals surface area contributed by atoms with E-state index in [2.05, 4.69) is 41.6 Å². The van der Waals surface area contributed by atoms with Gasteiger partial charge >= 0.3 is 0 Å². The molecule has 1 aliphatic heterocycles. The lowest BCUT2D eigenvalue weighted by Crippen LogP contribution is -2.44. The summed E-state index contributed by atoms with van der Waals surface area (Å²) in [4.78, 5) is 3.93. The Kier molecular flexibility index (Phi) is 5.63. The fraction of sp³-hybridized carbons (Fsp3) is 0.714. The van der Waals surface area contributed by atoms with Crippen LogP contribution >= 0.6 is 11.3 Å². The van der Waals surface area contributed by atoms with E-state index in [1.807, 2.05) is 11.3 Å². The van der Waals surface area contributed by atoms with Crippen LogP contribution in [0.5, 0.6) is 0 Å². The molecule has 2 heterocycles. The van der Waals surface area contributed by atoms with E-state index >= 15 is 0 Å². The molecule has 102 valence electrons. The Morgan fingerprint density at radius 3 is 3.22 bits per heavy atom. The third-order valence-electron chi connectivity index (χ3n) is 3.53. The number of nitrogens with zero attached hydrogens (tertiary/aromatic N) is 1. The quantitative estimate of drug-likeness (QED) is 0.858. The molecular weight excluding hydrogens is 244 g/mol. The molecular formula is C14H24N2OS. The van der Waals surface area contributed by atoms with Crippen molar-refractivity contribution in [2.24, 2.45) is 0 Å². The molecule has 0 spiro atoms. The Morgan fingerprint density at radius 1 is 1.61 bits per heavy atom. The molecule has 0 saturated carbocycles. The largest absolute Gasteiger partial charge is 0.376 e. The Morgan fingerprint density at radius 2 is 2.50 bits per heavy atom. The maximum absolute atomic E-state index is 5.68. The van der Waals surface area contributed by atoms with Crippen LogP contribution in [0.15, 0.2) is 17.5 Å². The highest BCUT2D eigenvalue weighted by atomic mass is 32.1. The first-order valence-electron chi connectivity index (χ1n) is 6.90. The number of ether oxygens (including phenoxy) is 1. The highest BCUT2D eigenvalue weighted by Gasteiger charge is 2.18. The molecule has 1 saturated heterocycles. The maximum atomic E-state index is 5.68. The van der Waals surface area contributed by atoms with Crippen LogP contribution in [0.2, 0.25) is 0 Å². The van der Waals surface area contributed by atoms with Crippen LogP contribution in [0.25, 0.3) is 0 Å². The number of nitrogens with one attached hydrogen (secondary N) is 1. The van der Waals surface area contributed by atoms with Gasteiger partial charge in [-0.15, -0.1) is 11.3 Å². The lowest BCUT2D eigenvalue weighted by molar-refractivity contribution is -0.0292. The normalized spacial score (nSPS) is 23.1. The predicted octanol–water partition coefficient (Wildman–Crippen LogP) is 2.51. The molecule has 0 bridgehead atoms. The van der Waals surface area contributed by atoms with Crippen molar-refractivity contribution in [3.8, 4) is 0 Å². The summed E-state index contributed by atoms with van der Waals surface area (Å²) < 4.78 is 5.68. The zero-order chi connectivity index (χ0) is 12.8. The van der Waals surface area contributed by atoms with E-state index in [1.165, 1.54) is 4.88 Å². The van der Waals surface area contributed by atoms with Gasteiger partial charge in [0.25, 0.3) is 0 Å². The van der Waals surface area contributed by atoms with Crippen molar-refractivity contribution in [1.82, 2.24) is 10.2 Å². The second kappa shape index (κ2) is 7.24. The van der Waals surface area contributed by atoms with Crippen molar-refractivity contribution in [3.63, 3.8) is 0 Å². The standard InChI is InChI=1S/C14H24N2OS/c1-3-13-11-16(8-9-17-13)7-6-15-12(2)14-5-4-10-18-14/h4-5,10,12-13,15H,3,6-9,11H2,1-2H3. The first-order chi connectivity index (χ1) is 8.79. The molecule has 3 nitrogen and oxygen atoms in total. The van der Waals surface area contributed by atoms with Crippen molar-refractivity contribution < 1.29 is 4.74 Å². The molecule has 2 atom stereocenters. The van der Waals surface area contributed by atoms with Gasteiger partial charge in [0.15, 0.2) is 0 Å². The minimum Gasteiger partial charge on any atom is -0.376 e. The SMILES string of the molecule is CCC1CN(CCNC(C)c2cccs2)CCO1. The topological polar surface area (TPSA) is 24.5 Å². The molecule has 0 aromatic carbocycles. The Hall–Kier alpha value is -0.420. The van der Waals surface area contributed by atoms with Crippen LogP contribution in [0, 0.1) is 0 Å². The summed E-state index contributed by atoms with van der Waals surface area (Å²) in [5.41, 5.74) is 0. The summed E-state index contributed by atoms with van der Waals surface area (Å²) in [6.07, 6.45) is 1.56. The van der Waals surface area contributed by atoms with Gasteiger partial charge in [-0.25, -0.2) is 0 Å². The second-order valence-corrected chi connectivity index (χ2v) is 5.87. The van der Waals surface area contributed by atoms with E-state index in [-0.39, 0.29) is 0 Å². The number of morpholine rings is 1. The van der Waals surface area contributed by atoms with Crippen LogP contribution in [0.3, 0.4) is 0 Å². The van der Waals surface area contributed by atoms with Gasteiger partial charge in [-0.05, 0) is 24.8 Å². The van der Waals surface area contributed by atoms with Gasteiger partial charge in [0.05, 0.1) is 12.7 Å². The summed E-state index contributed by atoms with van der Waals surface area (Å²) >= 11 is 1.82. The maximum Gasteiger partial charge on any atom is 0.0700 e. The van der Waals surface area contributed by atoms with Gasteiger partial charge < -0.3 is 10.1 Å². The molecule has 0 amide bonds. The molecule has 2 rings (SSSR count). The monoisotopic (exact) mass is 268 g/mol. The molecule has 1 aromatic heterocycles. The first kappa shape index (κ1) is 14.0. The van der Waals surface area contributed by atoms with Crippen LogP contribution in [-0.4, -0.2) is 43.8 Å². The molecule has 18 heavy (non-hydrogen) atoms. The van der Waals surface area contributed by atoms with Gasteiger partial charge in [0.1, 0.15) is 0 Å². The van der Waals surface area contributed by atoms with Gasteiger partial charge in [-0.2, -0.15) is 0 Å². The zero-order valence-electron chi connectivity index (χ0n) is 11.4. The van der Waals surface area contributed by atoms with Crippen LogP contribution in [0.1, 0.15) is 31.2 Å². The smallest absolute Gasteiger partial charge is 0.0700 e. The van der Waals surface area contributed by atoms with Crippen molar-refractivity contribution in [3.05, 3.63) is 22.4 Å². The van der Waals surface area contributed by atoms with E-state index in [0.29, 0.717) is 12.1 Å². The van der Waals surface area contributed by atoms with E-state index in [0.717, 1.165) is 39.2 Å². The minimum atomic E-state index is 0.438. The Labute approximate surface area is 114 Å². The molecule has 1 fully saturated rings. The molecule has 1 aliphatic rings. The number of hydrogen-bond acceptors (Lipinski definition) is 4. The summed E-state index contributed by atoms with van der Waals surface area (Å²) in [6.45, 7) is 9.66. The van der Waals surface area contributed by atoms with Crippen LogP contribution in [-0.2, 0) is 4.74 Å². The lowest BCUT2D eigenvalue weighted by Gasteiger charge is -2.32. The van der Waals surface area contributed by atoms with Gasteiger partial charge in [0, 0.05) is 37.1 Å². The first-order valence-corrected chi connectivity index (χ1v) is 7.78. The highest BCUT2D eigenvalue weighted by molar-refractivity contribution is 7.10. The molecule has 2 unspecified atom stereocenters. The van der Waals surface area contributed by atoms with E-state index in [4.69, 9.17) is 4.74 Å². The number of thiophene rings is 1. The second-order valence-electron chi connectivity index (χ2n) is 4.89. The number of hydrogen-bond donors (Lipinski definition) is 1. The van der Waals surface area contributed by atoms with E-state index in [1.54, 1.807) is 0 Å². The fourth-order valence-electron chi connectivity index (χ4n) is 2.31. The van der Waals surface area contributed by atoms with Crippen LogP contribution < -0.4 is 5.32 Å². The van der Waals surface area contributed by atoms with Gasteiger partial charge in [0.2, 0.25) is 0 Å². The third kappa shape index (κ3) is 4.05. The minimum absolute atomic E-state index is 0.438. The predicted molar refractivity (Wildman–Crippen MR) is 77.2 cm³/mol. The highest BCUT2D eigenvalue weighted by Crippen LogP contribution is 2.17. The average Bonchev–Trinajstić information content (AvgIpc) is 2.93. The van der Waals surface area contributed by atoms with Gasteiger partial charge in [-0.1, -0.05) is 13.0 Å². The molecule has 1 aromatic rings. The summed E-state index contributed by atoms with van der Waals surface area (Å²) in [6, 6.07) is 4.78.